The van der Waals surface area contributed by atoms with Gasteiger partial charge >= 0.3 is 0 Å². The van der Waals surface area contributed by atoms with Crippen molar-refractivity contribution in [3.05, 3.63) is 29.8 Å². The summed E-state index contributed by atoms with van der Waals surface area (Å²) in [5.41, 5.74) is 6.68. The Labute approximate surface area is 78.0 Å². The second-order valence-corrected chi connectivity index (χ2v) is 3.35. The molecule has 2 N–H and O–H groups in total. The SMILES string of the molecule is CCC(C)C(N)c1cncc(F)c1. The highest BCUT2D eigenvalue weighted by Gasteiger charge is 2.13. The quantitative estimate of drug-likeness (QED) is 0.778. The molecule has 0 saturated carbocycles. The number of rotatable bonds is 3. The summed E-state index contributed by atoms with van der Waals surface area (Å²) < 4.78 is 12.8. The van der Waals surface area contributed by atoms with Gasteiger partial charge in [-0.15, -0.1) is 0 Å². The fourth-order valence-electron chi connectivity index (χ4n) is 1.19. The van der Waals surface area contributed by atoms with Crippen molar-refractivity contribution in [2.24, 2.45) is 11.7 Å². The Balaban J connectivity index is 2.82. The van der Waals surface area contributed by atoms with Crippen LogP contribution in [-0.4, -0.2) is 4.98 Å². The molecular formula is C10H15FN2. The minimum absolute atomic E-state index is 0.117. The maximum absolute atomic E-state index is 12.8. The maximum atomic E-state index is 12.8. The second kappa shape index (κ2) is 4.33. The summed E-state index contributed by atoms with van der Waals surface area (Å²) in [7, 11) is 0. The Morgan fingerprint density at radius 2 is 2.23 bits per heavy atom. The van der Waals surface area contributed by atoms with Crippen molar-refractivity contribution in [3.63, 3.8) is 0 Å². The summed E-state index contributed by atoms with van der Waals surface area (Å²) in [6.45, 7) is 4.12. The number of pyridine rings is 1. The first-order valence-electron chi connectivity index (χ1n) is 4.51. The van der Waals surface area contributed by atoms with Crippen LogP contribution in [-0.2, 0) is 0 Å². The zero-order valence-corrected chi connectivity index (χ0v) is 8.00. The summed E-state index contributed by atoms with van der Waals surface area (Å²) in [5, 5.41) is 0. The van der Waals surface area contributed by atoms with E-state index in [4.69, 9.17) is 5.73 Å². The highest BCUT2D eigenvalue weighted by atomic mass is 19.1. The van der Waals surface area contributed by atoms with Gasteiger partial charge in [-0.3, -0.25) is 4.98 Å². The van der Waals surface area contributed by atoms with Crippen molar-refractivity contribution >= 4 is 0 Å². The van der Waals surface area contributed by atoms with Crippen LogP contribution < -0.4 is 5.73 Å². The fraction of sp³-hybridized carbons (Fsp3) is 0.500. The van der Waals surface area contributed by atoms with Crippen LogP contribution in [0.2, 0.25) is 0 Å². The lowest BCUT2D eigenvalue weighted by Crippen LogP contribution is -2.18. The summed E-state index contributed by atoms with van der Waals surface area (Å²) in [6.07, 6.45) is 3.80. The molecule has 0 aliphatic heterocycles. The Kier molecular flexibility index (Phi) is 3.37. The molecule has 13 heavy (non-hydrogen) atoms. The molecule has 1 rings (SSSR count). The van der Waals surface area contributed by atoms with Gasteiger partial charge in [0.15, 0.2) is 0 Å². The molecule has 1 aromatic heterocycles. The van der Waals surface area contributed by atoms with E-state index in [1.807, 2.05) is 0 Å². The lowest BCUT2D eigenvalue weighted by Gasteiger charge is -2.17. The molecule has 0 aromatic carbocycles. The molecule has 1 heterocycles. The molecule has 0 bridgehead atoms. The van der Waals surface area contributed by atoms with E-state index in [0.29, 0.717) is 5.92 Å². The lowest BCUT2D eigenvalue weighted by atomic mass is 9.94. The fourth-order valence-corrected chi connectivity index (χ4v) is 1.19. The van der Waals surface area contributed by atoms with Crippen LogP contribution in [0.15, 0.2) is 18.5 Å². The smallest absolute Gasteiger partial charge is 0.141 e. The molecular weight excluding hydrogens is 167 g/mol. The second-order valence-electron chi connectivity index (χ2n) is 3.35. The number of aromatic nitrogens is 1. The zero-order chi connectivity index (χ0) is 9.84. The third-order valence-corrected chi connectivity index (χ3v) is 2.37. The van der Waals surface area contributed by atoms with Crippen molar-refractivity contribution in [2.75, 3.05) is 0 Å². The summed E-state index contributed by atoms with van der Waals surface area (Å²) in [6, 6.07) is 1.33. The van der Waals surface area contributed by atoms with Gasteiger partial charge in [0.05, 0.1) is 6.20 Å². The number of nitrogens with two attached hydrogens (primary N) is 1. The summed E-state index contributed by atoms with van der Waals surface area (Å²) >= 11 is 0. The van der Waals surface area contributed by atoms with E-state index in [0.717, 1.165) is 12.0 Å². The molecule has 2 nitrogen and oxygen atoms in total. The highest BCUT2D eigenvalue weighted by Crippen LogP contribution is 2.21. The van der Waals surface area contributed by atoms with Crippen LogP contribution in [0.4, 0.5) is 4.39 Å². The van der Waals surface area contributed by atoms with Crippen molar-refractivity contribution in [1.29, 1.82) is 0 Å². The molecule has 0 saturated heterocycles. The Hall–Kier alpha value is -0.960. The molecule has 3 heteroatoms. The number of nitrogens with zero attached hydrogens (tertiary/aromatic N) is 1. The minimum Gasteiger partial charge on any atom is -0.324 e. The lowest BCUT2D eigenvalue weighted by molar-refractivity contribution is 0.453. The molecule has 0 fully saturated rings. The molecule has 0 aliphatic carbocycles. The maximum Gasteiger partial charge on any atom is 0.141 e. The van der Waals surface area contributed by atoms with E-state index in [9.17, 15) is 4.39 Å². The Morgan fingerprint density at radius 3 is 2.77 bits per heavy atom. The number of halogens is 1. The van der Waals surface area contributed by atoms with Crippen LogP contribution in [0.3, 0.4) is 0 Å². The highest BCUT2D eigenvalue weighted by molar-refractivity contribution is 5.15. The topological polar surface area (TPSA) is 38.9 Å². The number of hydrogen-bond acceptors (Lipinski definition) is 2. The van der Waals surface area contributed by atoms with Crippen molar-refractivity contribution in [2.45, 2.75) is 26.3 Å². The van der Waals surface area contributed by atoms with Crippen LogP contribution >= 0.6 is 0 Å². The van der Waals surface area contributed by atoms with Crippen LogP contribution in [0.5, 0.6) is 0 Å². The largest absolute Gasteiger partial charge is 0.324 e. The van der Waals surface area contributed by atoms with E-state index in [1.165, 1.54) is 12.3 Å². The number of hydrogen-bond donors (Lipinski definition) is 1. The van der Waals surface area contributed by atoms with Crippen molar-refractivity contribution in [3.8, 4) is 0 Å². The predicted molar refractivity (Wildman–Crippen MR) is 50.6 cm³/mol. The van der Waals surface area contributed by atoms with Gasteiger partial charge in [-0.2, -0.15) is 0 Å². The zero-order valence-electron chi connectivity index (χ0n) is 8.00. The van der Waals surface area contributed by atoms with Gasteiger partial charge in [0.2, 0.25) is 0 Å². The average molecular weight is 182 g/mol. The Bertz CT molecular complexity index is 275. The van der Waals surface area contributed by atoms with E-state index in [1.54, 1.807) is 6.20 Å². The molecule has 0 aliphatic rings. The first kappa shape index (κ1) is 10.1. The molecule has 1 aromatic rings. The Morgan fingerprint density at radius 1 is 1.54 bits per heavy atom. The molecule has 2 unspecified atom stereocenters. The van der Waals surface area contributed by atoms with Crippen LogP contribution in [0.1, 0.15) is 31.9 Å². The third kappa shape index (κ3) is 2.49. The monoisotopic (exact) mass is 182 g/mol. The van der Waals surface area contributed by atoms with Crippen molar-refractivity contribution < 1.29 is 4.39 Å². The summed E-state index contributed by atoms with van der Waals surface area (Å²) in [4.78, 5) is 3.77. The van der Waals surface area contributed by atoms with E-state index in [2.05, 4.69) is 18.8 Å². The van der Waals surface area contributed by atoms with Gasteiger partial charge in [0, 0.05) is 12.2 Å². The molecule has 0 radical (unpaired) electrons. The first-order valence-corrected chi connectivity index (χ1v) is 4.51. The summed E-state index contributed by atoms with van der Waals surface area (Å²) in [5.74, 6) is 0.0276. The molecule has 0 spiro atoms. The molecule has 72 valence electrons. The van der Waals surface area contributed by atoms with E-state index >= 15 is 0 Å². The van der Waals surface area contributed by atoms with Gasteiger partial charge < -0.3 is 5.73 Å². The van der Waals surface area contributed by atoms with Gasteiger partial charge in [0.25, 0.3) is 0 Å². The van der Waals surface area contributed by atoms with Gasteiger partial charge in [-0.05, 0) is 17.5 Å². The first-order chi connectivity index (χ1) is 6.15. The van der Waals surface area contributed by atoms with E-state index in [-0.39, 0.29) is 11.9 Å². The standard InChI is InChI=1S/C10H15FN2/c1-3-7(2)10(12)8-4-9(11)6-13-5-8/h4-7,10H,3,12H2,1-2H3. The van der Waals surface area contributed by atoms with Crippen LogP contribution in [0.25, 0.3) is 0 Å². The van der Waals surface area contributed by atoms with Crippen molar-refractivity contribution in [1.82, 2.24) is 4.98 Å². The van der Waals surface area contributed by atoms with Gasteiger partial charge in [-0.25, -0.2) is 4.39 Å². The van der Waals surface area contributed by atoms with Crippen LogP contribution in [0, 0.1) is 11.7 Å². The van der Waals surface area contributed by atoms with Gasteiger partial charge in [0.1, 0.15) is 5.82 Å². The minimum atomic E-state index is -0.323. The van der Waals surface area contributed by atoms with E-state index < -0.39 is 0 Å². The predicted octanol–water partition coefficient (Wildman–Crippen LogP) is 2.27. The normalized spacial score (nSPS) is 15.4. The van der Waals surface area contributed by atoms with Gasteiger partial charge in [-0.1, -0.05) is 20.3 Å². The third-order valence-electron chi connectivity index (χ3n) is 2.37. The molecule has 0 amide bonds. The molecule has 2 atom stereocenters. The average Bonchev–Trinajstić information content (AvgIpc) is 2.15.